The number of phenols is 1. The Kier molecular flexibility index (Phi) is 8.07. The Balaban J connectivity index is 1.79. The van der Waals surface area contributed by atoms with Crippen LogP contribution >= 0.6 is 0 Å². The summed E-state index contributed by atoms with van der Waals surface area (Å²) in [5.74, 6) is 0.360. The quantitative estimate of drug-likeness (QED) is 0.616. The Bertz CT molecular complexity index is 766. The highest BCUT2D eigenvalue weighted by molar-refractivity contribution is 5.73. The number of halogens is 1. The molecule has 0 radical (unpaired) electrons. The zero-order valence-corrected chi connectivity index (χ0v) is 16.5. The molecular formula is C21H28FN3O3. The van der Waals surface area contributed by atoms with Crippen LogP contribution < -0.4 is 15.4 Å². The number of methoxy groups -OCH3 is 1. The van der Waals surface area contributed by atoms with Gasteiger partial charge < -0.3 is 25.4 Å². The summed E-state index contributed by atoms with van der Waals surface area (Å²) in [6, 6.07) is 11.3. The third-order valence-electron chi connectivity index (χ3n) is 4.57. The van der Waals surface area contributed by atoms with Crippen molar-refractivity contribution in [1.29, 1.82) is 0 Å². The monoisotopic (exact) mass is 389 g/mol. The number of amides is 2. The second-order valence-corrected chi connectivity index (χ2v) is 6.83. The van der Waals surface area contributed by atoms with E-state index in [9.17, 15) is 14.3 Å². The van der Waals surface area contributed by atoms with Crippen LogP contribution in [0.3, 0.4) is 0 Å². The molecule has 0 heterocycles. The third-order valence-corrected chi connectivity index (χ3v) is 4.57. The van der Waals surface area contributed by atoms with Crippen LogP contribution in [0.5, 0.6) is 11.5 Å². The lowest BCUT2D eigenvalue weighted by molar-refractivity contribution is 0.232. The standard InChI is InChI=1S/C21H28FN3O3/c1-25(2)18(12-15-4-8-19(26)9-5-15)14-24-21(27)23-11-10-16-6-7-17(22)13-20(16)28-3/h4-9,13,18,26H,10-12,14H2,1-3H3,(H2,23,24,27)/t18-/m0/s1. The lowest BCUT2D eigenvalue weighted by Crippen LogP contribution is -2.45. The Labute approximate surface area is 165 Å². The molecule has 7 heteroatoms. The number of urea groups is 1. The molecule has 0 bridgehead atoms. The fraction of sp³-hybridized carbons (Fsp3) is 0.381. The van der Waals surface area contributed by atoms with E-state index in [4.69, 9.17) is 4.74 Å². The number of hydrogen-bond donors (Lipinski definition) is 3. The summed E-state index contributed by atoms with van der Waals surface area (Å²) in [5, 5.41) is 15.1. The Morgan fingerprint density at radius 2 is 1.89 bits per heavy atom. The molecule has 152 valence electrons. The van der Waals surface area contributed by atoms with Crippen LogP contribution in [0.4, 0.5) is 9.18 Å². The minimum atomic E-state index is -0.352. The van der Waals surface area contributed by atoms with Gasteiger partial charge in [-0.15, -0.1) is 0 Å². The lowest BCUT2D eigenvalue weighted by Gasteiger charge is -2.25. The fourth-order valence-electron chi connectivity index (χ4n) is 2.85. The average Bonchev–Trinajstić information content (AvgIpc) is 2.67. The van der Waals surface area contributed by atoms with Gasteiger partial charge in [-0.05, 0) is 56.3 Å². The van der Waals surface area contributed by atoms with Gasteiger partial charge in [0.15, 0.2) is 0 Å². The Hall–Kier alpha value is -2.80. The van der Waals surface area contributed by atoms with Crippen LogP contribution in [0.15, 0.2) is 42.5 Å². The molecule has 0 aliphatic carbocycles. The molecule has 6 nitrogen and oxygen atoms in total. The molecule has 0 saturated heterocycles. The SMILES string of the molecule is COc1cc(F)ccc1CCNC(=O)NC[C@H](Cc1ccc(O)cc1)N(C)C. The van der Waals surface area contributed by atoms with Crippen molar-refractivity contribution in [3.63, 3.8) is 0 Å². The van der Waals surface area contributed by atoms with E-state index in [1.807, 2.05) is 26.2 Å². The maximum absolute atomic E-state index is 13.2. The first-order valence-electron chi connectivity index (χ1n) is 9.17. The van der Waals surface area contributed by atoms with E-state index in [0.29, 0.717) is 25.3 Å². The van der Waals surface area contributed by atoms with Crippen LogP contribution in [0, 0.1) is 5.82 Å². The average molecular weight is 389 g/mol. The predicted molar refractivity (Wildman–Crippen MR) is 107 cm³/mol. The number of rotatable bonds is 9. The van der Waals surface area contributed by atoms with Gasteiger partial charge in [0.05, 0.1) is 7.11 Å². The molecule has 0 aliphatic heterocycles. The van der Waals surface area contributed by atoms with Crippen molar-refractivity contribution in [3.05, 3.63) is 59.4 Å². The molecule has 0 aliphatic rings. The van der Waals surface area contributed by atoms with E-state index in [1.165, 1.54) is 19.2 Å². The molecule has 0 aromatic heterocycles. The maximum atomic E-state index is 13.2. The number of hydrogen-bond acceptors (Lipinski definition) is 4. The van der Waals surface area contributed by atoms with Gasteiger partial charge in [0, 0.05) is 25.2 Å². The van der Waals surface area contributed by atoms with Crippen molar-refractivity contribution in [3.8, 4) is 11.5 Å². The predicted octanol–water partition coefficient (Wildman–Crippen LogP) is 2.55. The second kappa shape index (κ2) is 10.5. The fourth-order valence-corrected chi connectivity index (χ4v) is 2.85. The molecule has 0 saturated carbocycles. The zero-order chi connectivity index (χ0) is 20.5. The van der Waals surface area contributed by atoms with Gasteiger partial charge in [0.2, 0.25) is 0 Å². The first kappa shape index (κ1) is 21.5. The lowest BCUT2D eigenvalue weighted by atomic mass is 10.1. The molecule has 0 unspecified atom stereocenters. The number of ether oxygens (including phenoxy) is 1. The summed E-state index contributed by atoms with van der Waals surface area (Å²) >= 11 is 0. The number of likely N-dealkylation sites (N-methyl/N-ethyl adjacent to an activating group) is 1. The summed E-state index contributed by atoms with van der Waals surface area (Å²) in [6.07, 6.45) is 1.29. The summed E-state index contributed by atoms with van der Waals surface area (Å²) in [6.45, 7) is 0.901. The summed E-state index contributed by atoms with van der Waals surface area (Å²) in [7, 11) is 5.42. The normalized spacial score (nSPS) is 11.9. The van der Waals surface area contributed by atoms with Crippen LogP contribution in [0.1, 0.15) is 11.1 Å². The van der Waals surface area contributed by atoms with Gasteiger partial charge >= 0.3 is 6.03 Å². The van der Waals surface area contributed by atoms with Crippen molar-refractivity contribution in [2.24, 2.45) is 0 Å². The van der Waals surface area contributed by atoms with E-state index >= 15 is 0 Å². The highest BCUT2D eigenvalue weighted by atomic mass is 19.1. The van der Waals surface area contributed by atoms with Crippen LogP contribution in [-0.4, -0.2) is 56.4 Å². The number of phenolic OH excluding ortho intramolecular Hbond substituents is 1. The number of aromatic hydroxyl groups is 1. The highest BCUT2D eigenvalue weighted by Crippen LogP contribution is 2.19. The van der Waals surface area contributed by atoms with Gasteiger partial charge in [-0.2, -0.15) is 0 Å². The molecule has 2 amide bonds. The summed E-state index contributed by atoms with van der Waals surface area (Å²) in [4.78, 5) is 14.2. The van der Waals surface area contributed by atoms with Gasteiger partial charge in [0.1, 0.15) is 17.3 Å². The Morgan fingerprint density at radius 1 is 1.18 bits per heavy atom. The van der Waals surface area contributed by atoms with Crippen molar-refractivity contribution in [2.75, 3.05) is 34.3 Å². The van der Waals surface area contributed by atoms with Crippen LogP contribution in [0.25, 0.3) is 0 Å². The number of carbonyl (C=O) groups is 1. The first-order valence-corrected chi connectivity index (χ1v) is 9.17. The van der Waals surface area contributed by atoms with Crippen molar-refractivity contribution >= 4 is 6.03 Å². The largest absolute Gasteiger partial charge is 0.508 e. The third kappa shape index (κ3) is 6.74. The molecule has 0 fully saturated rings. The van der Waals surface area contributed by atoms with Gasteiger partial charge in [-0.1, -0.05) is 18.2 Å². The molecule has 3 N–H and O–H groups in total. The van der Waals surface area contributed by atoms with Gasteiger partial charge in [-0.25, -0.2) is 9.18 Å². The van der Waals surface area contributed by atoms with E-state index in [1.54, 1.807) is 18.2 Å². The maximum Gasteiger partial charge on any atom is 0.314 e. The highest BCUT2D eigenvalue weighted by Gasteiger charge is 2.14. The smallest absolute Gasteiger partial charge is 0.314 e. The molecule has 2 rings (SSSR count). The molecule has 28 heavy (non-hydrogen) atoms. The number of benzene rings is 2. The number of nitrogens with zero attached hydrogens (tertiary/aromatic N) is 1. The minimum absolute atomic E-state index is 0.118. The second-order valence-electron chi connectivity index (χ2n) is 6.83. The number of carbonyl (C=O) groups excluding carboxylic acids is 1. The van der Waals surface area contributed by atoms with Crippen LogP contribution in [0.2, 0.25) is 0 Å². The topological polar surface area (TPSA) is 73.8 Å². The summed E-state index contributed by atoms with van der Waals surface area (Å²) < 4.78 is 18.4. The zero-order valence-electron chi connectivity index (χ0n) is 16.5. The van der Waals surface area contributed by atoms with Gasteiger partial charge in [-0.3, -0.25) is 0 Å². The van der Waals surface area contributed by atoms with E-state index in [0.717, 1.165) is 17.5 Å². The molecule has 0 spiro atoms. The molecule has 1 atom stereocenters. The van der Waals surface area contributed by atoms with Crippen molar-refractivity contribution < 1.29 is 19.0 Å². The molecule has 2 aromatic carbocycles. The van der Waals surface area contributed by atoms with E-state index < -0.39 is 0 Å². The van der Waals surface area contributed by atoms with Crippen LogP contribution in [-0.2, 0) is 12.8 Å². The molecular weight excluding hydrogens is 361 g/mol. The van der Waals surface area contributed by atoms with E-state index in [-0.39, 0.29) is 23.6 Å². The van der Waals surface area contributed by atoms with Crippen molar-refractivity contribution in [1.82, 2.24) is 15.5 Å². The van der Waals surface area contributed by atoms with E-state index in [2.05, 4.69) is 15.5 Å². The minimum Gasteiger partial charge on any atom is -0.508 e. The van der Waals surface area contributed by atoms with Gasteiger partial charge in [0.25, 0.3) is 0 Å². The summed E-state index contributed by atoms with van der Waals surface area (Å²) in [5.41, 5.74) is 1.92. The van der Waals surface area contributed by atoms with Crippen molar-refractivity contribution in [2.45, 2.75) is 18.9 Å². The molecule has 2 aromatic rings. The first-order chi connectivity index (χ1) is 13.4. The number of nitrogens with one attached hydrogen (secondary N) is 2. The Morgan fingerprint density at radius 3 is 2.54 bits per heavy atom.